The van der Waals surface area contributed by atoms with E-state index in [-0.39, 0.29) is 22.0 Å². The average molecular weight is 450 g/mol. The molecule has 0 unspecified atom stereocenters. The topological polar surface area (TPSA) is 50.9 Å². The van der Waals surface area contributed by atoms with E-state index >= 15 is 0 Å². The number of aliphatic hydroxyl groups is 1. The SMILES string of the molecule is CC(C)(c1ccccc1)C1(C(C)(C)c2ccccc2)C=CC(O)=C(n2nc3ccccc3n2)C1. The lowest BCUT2D eigenvalue weighted by molar-refractivity contribution is 0.104. The van der Waals surface area contributed by atoms with E-state index in [0.717, 1.165) is 11.0 Å². The van der Waals surface area contributed by atoms with Crippen LogP contribution in [0.25, 0.3) is 16.7 Å². The third-order valence-corrected chi connectivity index (χ3v) is 8.02. The summed E-state index contributed by atoms with van der Waals surface area (Å²) in [4.78, 5) is 1.63. The van der Waals surface area contributed by atoms with Gasteiger partial charge in [0.2, 0.25) is 0 Å². The van der Waals surface area contributed by atoms with Crippen LogP contribution in [-0.4, -0.2) is 20.1 Å². The van der Waals surface area contributed by atoms with E-state index < -0.39 is 0 Å². The van der Waals surface area contributed by atoms with Gasteiger partial charge in [-0.25, -0.2) is 0 Å². The van der Waals surface area contributed by atoms with Crippen LogP contribution in [0.2, 0.25) is 0 Å². The van der Waals surface area contributed by atoms with Gasteiger partial charge in [0.1, 0.15) is 22.5 Å². The zero-order valence-electron chi connectivity index (χ0n) is 20.2. The van der Waals surface area contributed by atoms with Crippen molar-refractivity contribution >= 4 is 16.7 Å². The van der Waals surface area contributed by atoms with Crippen molar-refractivity contribution in [1.29, 1.82) is 0 Å². The van der Waals surface area contributed by atoms with E-state index in [1.54, 1.807) is 4.80 Å². The maximum atomic E-state index is 11.0. The molecule has 4 aromatic rings. The highest BCUT2D eigenvalue weighted by Gasteiger charge is 2.56. The van der Waals surface area contributed by atoms with Gasteiger partial charge in [-0.15, -0.1) is 10.2 Å². The van der Waals surface area contributed by atoms with Crippen molar-refractivity contribution < 1.29 is 5.11 Å². The van der Waals surface area contributed by atoms with Gasteiger partial charge in [-0.3, -0.25) is 0 Å². The first kappa shape index (κ1) is 22.1. The molecule has 5 rings (SSSR count). The van der Waals surface area contributed by atoms with Crippen LogP contribution in [0.15, 0.2) is 103 Å². The van der Waals surface area contributed by atoms with Crippen LogP contribution in [0.3, 0.4) is 0 Å². The second-order valence-corrected chi connectivity index (χ2v) is 10.3. The Morgan fingerprint density at radius 2 is 1.15 bits per heavy atom. The number of hydrogen-bond donors (Lipinski definition) is 1. The number of aromatic nitrogens is 3. The first-order valence-electron chi connectivity index (χ1n) is 11.8. The van der Waals surface area contributed by atoms with Crippen molar-refractivity contribution in [3.8, 4) is 0 Å². The number of benzene rings is 3. The molecule has 1 aliphatic carbocycles. The van der Waals surface area contributed by atoms with Crippen molar-refractivity contribution in [2.45, 2.75) is 44.9 Å². The standard InChI is InChI=1S/C30H31N3O/c1-28(2,22-13-7-5-8-14-22)30(29(3,4)23-15-9-6-10-16-23)20-19-27(34)26(21-30)33-31-24-17-11-12-18-25(24)32-33/h5-20,34H,21H2,1-4H3. The van der Waals surface area contributed by atoms with Crippen LogP contribution in [0.5, 0.6) is 0 Å². The maximum absolute atomic E-state index is 11.0. The number of aliphatic hydroxyl groups excluding tert-OH is 1. The third-order valence-electron chi connectivity index (χ3n) is 8.02. The Kier molecular flexibility index (Phi) is 5.20. The van der Waals surface area contributed by atoms with Gasteiger partial charge in [0, 0.05) is 11.8 Å². The molecule has 1 aliphatic rings. The second-order valence-electron chi connectivity index (χ2n) is 10.3. The normalized spacial score (nSPS) is 16.2. The molecule has 4 nitrogen and oxygen atoms in total. The molecule has 4 heteroatoms. The summed E-state index contributed by atoms with van der Waals surface area (Å²) in [5.74, 6) is 0.212. The maximum Gasteiger partial charge on any atom is 0.138 e. The van der Waals surface area contributed by atoms with Crippen molar-refractivity contribution in [2.75, 3.05) is 0 Å². The first-order chi connectivity index (χ1) is 16.3. The number of fused-ring (bicyclic) bond motifs is 1. The Morgan fingerprint density at radius 3 is 1.62 bits per heavy atom. The molecular formula is C30H31N3O. The first-order valence-corrected chi connectivity index (χ1v) is 11.8. The molecule has 0 saturated heterocycles. The molecule has 0 spiro atoms. The molecule has 0 bridgehead atoms. The minimum Gasteiger partial charge on any atom is -0.506 e. The second kappa shape index (κ2) is 7.98. The predicted molar refractivity (Wildman–Crippen MR) is 138 cm³/mol. The van der Waals surface area contributed by atoms with Gasteiger partial charge in [0.25, 0.3) is 0 Å². The minimum absolute atomic E-state index is 0.212. The highest BCUT2D eigenvalue weighted by molar-refractivity contribution is 5.74. The molecular weight excluding hydrogens is 418 g/mol. The van der Waals surface area contributed by atoms with Gasteiger partial charge >= 0.3 is 0 Å². The van der Waals surface area contributed by atoms with E-state index in [1.807, 2.05) is 30.3 Å². The zero-order chi connectivity index (χ0) is 24.0. The zero-order valence-corrected chi connectivity index (χ0v) is 20.2. The molecule has 1 heterocycles. The van der Waals surface area contributed by atoms with Crippen LogP contribution in [0.1, 0.15) is 45.2 Å². The summed E-state index contributed by atoms with van der Waals surface area (Å²) in [6.45, 7) is 9.24. The molecule has 1 aromatic heterocycles. The van der Waals surface area contributed by atoms with E-state index in [1.165, 1.54) is 11.1 Å². The summed E-state index contributed by atoms with van der Waals surface area (Å²) in [5, 5.41) is 20.5. The summed E-state index contributed by atoms with van der Waals surface area (Å²) in [7, 11) is 0. The average Bonchev–Trinajstić information content (AvgIpc) is 3.29. The van der Waals surface area contributed by atoms with Crippen molar-refractivity contribution in [1.82, 2.24) is 15.0 Å². The number of allylic oxidation sites excluding steroid dienone is 3. The van der Waals surface area contributed by atoms with Crippen LogP contribution in [0, 0.1) is 5.41 Å². The Balaban J connectivity index is 1.72. The molecule has 0 amide bonds. The summed E-state index contributed by atoms with van der Waals surface area (Å²) in [5.41, 5.74) is 3.91. The largest absolute Gasteiger partial charge is 0.506 e. The Bertz CT molecular complexity index is 1290. The number of nitrogens with zero attached hydrogens (tertiary/aromatic N) is 3. The van der Waals surface area contributed by atoms with Crippen LogP contribution in [-0.2, 0) is 10.8 Å². The monoisotopic (exact) mass is 449 g/mol. The highest BCUT2D eigenvalue weighted by atomic mass is 16.3. The lowest BCUT2D eigenvalue weighted by Crippen LogP contribution is -2.53. The molecule has 0 saturated carbocycles. The molecule has 0 aliphatic heterocycles. The molecule has 0 radical (unpaired) electrons. The Labute approximate surface area is 201 Å². The summed E-state index contributed by atoms with van der Waals surface area (Å²) in [6.07, 6.45) is 4.65. The lowest BCUT2D eigenvalue weighted by atomic mass is 9.47. The quantitative estimate of drug-likeness (QED) is 0.355. The van der Waals surface area contributed by atoms with E-state index in [2.05, 4.69) is 94.4 Å². The molecule has 172 valence electrons. The fraction of sp³-hybridized carbons (Fsp3) is 0.267. The minimum atomic E-state index is -0.385. The van der Waals surface area contributed by atoms with Crippen molar-refractivity contribution in [2.24, 2.45) is 5.41 Å². The molecule has 34 heavy (non-hydrogen) atoms. The fourth-order valence-corrected chi connectivity index (χ4v) is 5.75. The number of hydrogen-bond acceptors (Lipinski definition) is 3. The Morgan fingerprint density at radius 1 is 0.706 bits per heavy atom. The highest BCUT2D eigenvalue weighted by Crippen LogP contribution is 2.60. The third kappa shape index (κ3) is 3.28. The van der Waals surface area contributed by atoms with Gasteiger partial charge in [0.05, 0.1) is 0 Å². The van der Waals surface area contributed by atoms with Gasteiger partial charge in [-0.05, 0) is 40.2 Å². The Hall–Kier alpha value is -3.66. The van der Waals surface area contributed by atoms with E-state index in [4.69, 9.17) is 10.2 Å². The van der Waals surface area contributed by atoms with Crippen LogP contribution < -0.4 is 0 Å². The molecule has 0 fully saturated rings. The summed E-state index contributed by atoms with van der Waals surface area (Å²) >= 11 is 0. The van der Waals surface area contributed by atoms with Crippen molar-refractivity contribution in [3.05, 3.63) is 114 Å². The van der Waals surface area contributed by atoms with Gasteiger partial charge in [0.15, 0.2) is 0 Å². The molecule has 3 aromatic carbocycles. The molecule has 1 N–H and O–H groups in total. The van der Waals surface area contributed by atoms with Crippen molar-refractivity contribution in [3.63, 3.8) is 0 Å². The van der Waals surface area contributed by atoms with E-state index in [0.29, 0.717) is 12.1 Å². The summed E-state index contributed by atoms with van der Waals surface area (Å²) < 4.78 is 0. The van der Waals surface area contributed by atoms with Gasteiger partial charge in [-0.1, -0.05) is 107 Å². The summed E-state index contributed by atoms with van der Waals surface area (Å²) in [6, 6.07) is 29.1. The fourth-order valence-electron chi connectivity index (χ4n) is 5.75. The predicted octanol–water partition coefficient (Wildman–Crippen LogP) is 7.06. The number of rotatable bonds is 5. The van der Waals surface area contributed by atoms with Gasteiger partial charge in [-0.2, -0.15) is 4.80 Å². The lowest BCUT2D eigenvalue weighted by Gasteiger charge is -2.56. The molecule has 0 atom stereocenters. The van der Waals surface area contributed by atoms with E-state index in [9.17, 15) is 5.11 Å². The van der Waals surface area contributed by atoms with Gasteiger partial charge < -0.3 is 5.11 Å². The van der Waals surface area contributed by atoms with Crippen LogP contribution in [0.4, 0.5) is 0 Å². The van der Waals surface area contributed by atoms with Crippen LogP contribution >= 0.6 is 0 Å². The smallest absolute Gasteiger partial charge is 0.138 e.